The zero-order valence-electron chi connectivity index (χ0n) is 14.4. The van der Waals surface area contributed by atoms with E-state index in [1.807, 2.05) is 37.3 Å². The summed E-state index contributed by atoms with van der Waals surface area (Å²) in [7, 11) is 1.40. The Balaban J connectivity index is 1.80. The number of carbonyl (C=O) groups is 1. The quantitative estimate of drug-likeness (QED) is 0.754. The number of amides is 1. The number of ether oxygens (including phenoxy) is 1. The van der Waals surface area contributed by atoms with Crippen molar-refractivity contribution in [3.8, 4) is 17.0 Å². The van der Waals surface area contributed by atoms with Gasteiger partial charge in [0.25, 0.3) is 0 Å². The molecular weight excluding hydrogens is 333 g/mol. The minimum absolute atomic E-state index is 0.129. The molecule has 2 aromatic carbocycles. The van der Waals surface area contributed by atoms with Gasteiger partial charge in [0.1, 0.15) is 12.1 Å². The molecule has 0 radical (unpaired) electrons. The molecule has 0 unspecified atom stereocenters. The van der Waals surface area contributed by atoms with E-state index in [1.54, 1.807) is 18.2 Å². The van der Waals surface area contributed by atoms with Gasteiger partial charge in [-0.3, -0.25) is 4.79 Å². The van der Waals surface area contributed by atoms with Crippen LogP contribution in [0.1, 0.15) is 18.4 Å². The van der Waals surface area contributed by atoms with Gasteiger partial charge in [0.2, 0.25) is 5.91 Å². The van der Waals surface area contributed by atoms with Gasteiger partial charge in [-0.1, -0.05) is 30.3 Å². The maximum Gasteiger partial charge on any atom is 0.232 e. The van der Waals surface area contributed by atoms with Crippen LogP contribution >= 0.6 is 0 Å². The second kappa shape index (κ2) is 7.74. The lowest BCUT2D eigenvalue weighted by atomic mass is 10.0. The van der Waals surface area contributed by atoms with Crippen molar-refractivity contribution in [1.82, 2.24) is 9.97 Å². The van der Waals surface area contributed by atoms with Crippen molar-refractivity contribution in [2.75, 3.05) is 12.4 Å². The van der Waals surface area contributed by atoms with Gasteiger partial charge in [-0.15, -0.1) is 0 Å². The standard InChI is InChI=1S/C20H18FN3O2/c1-13(14-6-4-3-5-7-14)20(25)24-19-11-17(22-12-23-19)15-8-9-16(21)18(10-15)26-2/h3-13H,1-2H3,(H,22,23,24,25)/t13-/m0/s1. The molecule has 0 bridgehead atoms. The highest BCUT2D eigenvalue weighted by molar-refractivity contribution is 5.95. The number of methoxy groups -OCH3 is 1. The first-order chi connectivity index (χ1) is 12.6. The van der Waals surface area contributed by atoms with Gasteiger partial charge in [0, 0.05) is 11.6 Å². The van der Waals surface area contributed by atoms with Gasteiger partial charge in [-0.2, -0.15) is 0 Å². The number of halogens is 1. The van der Waals surface area contributed by atoms with Crippen LogP contribution in [0.4, 0.5) is 10.2 Å². The fourth-order valence-electron chi connectivity index (χ4n) is 2.53. The fourth-order valence-corrected chi connectivity index (χ4v) is 2.53. The predicted octanol–water partition coefficient (Wildman–Crippen LogP) is 4.03. The second-order valence-electron chi connectivity index (χ2n) is 5.76. The number of aromatic nitrogens is 2. The molecule has 26 heavy (non-hydrogen) atoms. The molecule has 6 heteroatoms. The van der Waals surface area contributed by atoms with E-state index in [0.29, 0.717) is 17.1 Å². The molecule has 1 amide bonds. The van der Waals surface area contributed by atoms with Crippen LogP contribution in [0.25, 0.3) is 11.3 Å². The number of carbonyl (C=O) groups excluding carboxylic acids is 1. The summed E-state index contributed by atoms with van der Waals surface area (Å²) in [5, 5.41) is 2.79. The SMILES string of the molecule is COc1cc(-c2cc(NC(=O)[C@@H](C)c3ccccc3)ncn2)ccc1F. The number of benzene rings is 2. The van der Waals surface area contributed by atoms with Crippen molar-refractivity contribution in [2.24, 2.45) is 0 Å². The van der Waals surface area contributed by atoms with E-state index in [4.69, 9.17) is 4.74 Å². The first-order valence-electron chi connectivity index (χ1n) is 8.10. The monoisotopic (exact) mass is 351 g/mol. The van der Waals surface area contributed by atoms with Crippen molar-refractivity contribution < 1.29 is 13.9 Å². The predicted molar refractivity (Wildman–Crippen MR) is 97.5 cm³/mol. The molecule has 0 saturated carbocycles. The first-order valence-corrected chi connectivity index (χ1v) is 8.10. The van der Waals surface area contributed by atoms with Crippen LogP contribution in [-0.4, -0.2) is 23.0 Å². The lowest BCUT2D eigenvalue weighted by molar-refractivity contribution is -0.117. The molecule has 5 nitrogen and oxygen atoms in total. The van der Waals surface area contributed by atoms with Crippen molar-refractivity contribution in [1.29, 1.82) is 0 Å². The third-order valence-electron chi connectivity index (χ3n) is 4.06. The highest BCUT2D eigenvalue weighted by atomic mass is 19.1. The van der Waals surface area contributed by atoms with Gasteiger partial charge in [0.15, 0.2) is 11.6 Å². The summed E-state index contributed by atoms with van der Waals surface area (Å²) in [5.41, 5.74) is 2.14. The average Bonchev–Trinajstić information content (AvgIpc) is 2.68. The average molecular weight is 351 g/mol. The minimum atomic E-state index is -0.449. The summed E-state index contributed by atoms with van der Waals surface area (Å²) in [6.45, 7) is 1.83. The van der Waals surface area contributed by atoms with Crippen LogP contribution in [0.15, 0.2) is 60.9 Å². The first kappa shape index (κ1) is 17.5. The van der Waals surface area contributed by atoms with Crippen LogP contribution in [0, 0.1) is 5.82 Å². The van der Waals surface area contributed by atoms with E-state index in [9.17, 15) is 9.18 Å². The third-order valence-corrected chi connectivity index (χ3v) is 4.06. The van der Waals surface area contributed by atoms with Crippen molar-refractivity contribution in [3.63, 3.8) is 0 Å². The Bertz CT molecular complexity index is 916. The second-order valence-corrected chi connectivity index (χ2v) is 5.76. The molecule has 1 heterocycles. The molecule has 0 saturated heterocycles. The van der Waals surface area contributed by atoms with Crippen molar-refractivity contribution in [2.45, 2.75) is 12.8 Å². The Kier molecular flexibility index (Phi) is 5.22. The van der Waals surface area contributed by atoms with E-state index in [0.717, 1.165) is 5.56 Å². The molecule has 3 rings (SSSR count). The largest absolute Gasteiger partial charge is 0.494 e. The zero-order valence-corrected chi connectivity index (χ0v) is 14.4. The van der Waals surface area contributed by atoms with Crippen LogP contribution in [0.2, 0.25) is 0 Å². The molecule has 132 valence electrons. The highest BCUT2D eigenvalue weighted by Gasteiger charge is 2.16. The van der Waals surface area contributed by atoms with E-state index >= 15 is 0 Å². The molecule has 0 aliphatic carbocycles. The number of hydrogen-bond acceptors (Lipinski definition) is 4. The number of nitrogens with one attached hydrogen (secondary N) is 1. The summed E-state index contributed by atoms with van der Waals surface area (Å²) >= 11 is 0. The molecule has 1 aromatic heterocycles. The van der Waals surface area contributed by atoms with Gasteiger partial charge in [-0.05, 0) is 30.7 Å². The molecular formula is C20H18FN3O2. The lowest BCUT2D eigenvalue weighted by Crippen LogP contribution is -2.19. The molecule has 0 fully saturated rings. The summed E-state index contributed by atoms with van der Waals surface area (Å²) in [4.78, 5) is 20.7. The number of nitrogens with zero attached hydrogens (tertiary/aromatic N) is 2. The van der Waals surface area contributed by atoms with Gasteiger partial charge >= 0.3 is 0 Å². The van der Waals surface area contributed by atoms with Crippen LogP contribution in [-0.2, 0) is 4.79 Å². The topological polar surface area (TPSA) is 64.1 Å². The van der Waals surface area contributed by atoms with Crippen molar-refractivity contribution >= 4 is 11.7 Å². The Morgan fingerprint density at radius 2 is 1.88 bits per heavy atom. The molecule has 0 spiro atoms. The molecule has 0 aliphatic rings. The maximum absolute atomic E-state index is 13.6. The lowest BCUT2D eigenvalue weighted by Gasteiger charge is -2.12. The Morgan fingerprint density at radius 1 is 1.12 bits per heavy atom. The minimum Gasteiger partial charge on any atom is -0.494 e. The Morgan fingerprint density at radius 3 is 2.62 bits per heavy atom. The summed E-state index contributed by atoms with van der Waals surface area (Å²) < 4.78 is 18.6. The maximum atomic E-state index is 13.6. The third kappa shape index (κ3) is 3.85. The van der Waals surface area contributed by atoms with Gasteiger partial charge in [-0.25, -0.2) is 14.4 Å². The van der Waals surface area contributed by atoms with Crippen LogP contribution < -0.4 is 10.1 Å². The van der Waals surface area contributed by atoms with Gasteiger partial charge < -0.3 is 10.1 Å². The van der Waals surface area contributed by atoms with Crippen molar-refractivity contribution in [3.05, 3.63) is 72.3 Å². The number of anilines is 1. The molecule has 0 aliphatic heterocycles. The Hall–Kier alpha value is -3.28. The van der Waals surface area contributed by atoms with Crippen LogP contribution in [0.5, 0.6) is 5.75 Å². The highest BCUT2D eigenvalue weighted by Crippen LogP contribution is 2.26. The van der Waals surface area contributed by atoms with E-state index in [2.05, 4.69) is 15.3 Å². The van der Waals surface area contributed by atoms with E-state index < -0.39 is 5.82 Å². The Labute approximate surface area is 150 Å². The van der Waals surface area contributed by atoms with E-state index in [-0.39, 0.29) is 17.6 Å². The summed E-state index contributed by atoms with van der Waals surface area (Å²) in [5.74, 6) is -0.427. The fraction of sp³-hybridized carbons (Fsp3) is 0.150. The molecule has 1 N–H and O–H groups in total. The molecule has 3 aromatic rings. The molecule has 1 atom stereocenters. The smallest absolute Gasteiger partial charge is 0.232 e. The zero-order chi connectivity index (χ0) is 18.5. The summed E-state index contributed by atoms with van der Waals surface area (Å²) in [6, 6.07) is 15.6. The van der Waals surface area contributed by atoms with Crippen LogP contribution in [0.3, 0.4) is 0 Å². The normalized spacial score (nSPS) is 11.7. The van der Waals surface area contributed by atoms with Gasteiger partial charge in [0.05, 0.1) is 18.7 Å². The summed E-state index contributed by atoms with van der Waals surface area (Å²) in [6.07, 6.45) is 1.36. The number of rotatable bonds is 5. The van der Waals surface area contributed by atoms with E-state index in [1.165, 1.54) is 19.5 Å². The number of hydrogen-bond donors (Lipinski definition) is 1.